The highest BCUT2D eigenvalue weighted by Gasteiger charge is 2.24. The van der Waals surface area contributed by atoms with Gasteiger partial charge in [-0.2, -0.15) is 0 Å². The molecule has 0 unspecified atom stereocenters. The predicted octanol–water partition coefficient (Wildman–Crippen LogP) is 2.81. The van der Waals surface area contributed by atoms with Gasteiger partial charge in [-0.05, 0) is 33.3 Å². The van der Waals surface area contributed by atoms with E-state index in [1.807, 2.05) is 0 Å². The summed E-state index contributed by atoms with van der Waals surface area (Å²) in [6, 6.07) is 1.14. The standard InChI is InChI=1S/C14H18FN3O5/c1-8-10(18(22)23)5-4-9(15)12(8)16-13(21)17-14(2,3)7-6-11(19)20/h4-5H,6-7H2,1-3H3,(H,19,20)(H2,16,17,21). The number of nitrogens with one attached hydrogen (secondary N) is 2. The first-order valence-electron chi connectivity index (χ1n) is 6.78. The minimum atomic E-state index is -0.999. The molecule has 1 aromatic rings. The lowest BCUT2D eigenvalue weighted by Gasteiger charge is -2.26. The fourth-order valence-electron chi connectivity index (χ4n) is 1.95. The number of halogens is 1. The molecule has 1 aromatic carbocycles. The van der Waals surface area contributed by atoms with Crippen LogP contribution in [-0.4, -0.2) is 27.6 Å². The van der Waals surface area contributed by atoms with Gasteiger partial charge in [0.2, 0.25) is 0 Å². The van der Waals surface area contributed by atoms with Gasteiger partial charge in [0.05, 0.1) is 16.2 Å². The van der Waals surface area contributed by atoms with Crippen molar-refractivity contribution >= 4 is 23.4 Å². The molecule has 3 N–H and O–H groups in total. The van der Waals surface area contributed by atoms with Crippen molar-refractivity contribution in [3.63, 3.8) is 0 Å². The van der Waals surface area contributed by atoms with Crippen molar-refractivity contribution in [1.82, 2.24) is 5.32 Å². The Labute approximate surface area is 131 Å². The monoisotopic (exact) mass is 327 g/mol. The van der Waals surface area contributed by atoms with Crippen LogP contribution < -0.4 is 10.6 Å². The number of carboxylic acid groups (broad SMARTS) is 1. The minimum absolute atomic E-state index is 0.00603. The second kappa shape index (κ2) is 7.03. The van der Waals surface area contributed by atoms with E-state index in [0.29, 0.717) is 0 Å². The Bertz CT molecular complexity index is 646. The summed E-state index contributed by atoms with van der Waals surface area (Å²) in [5.74, 6) is -1.80. The lowest BCUT2D eigenvalue weighted by atomic mass is 9.99. The molecule has 126 valence electrons. The van der Waals surface area contributed by atoms with Gasteiger partial charge in [0.15, 0.2) is 0 Å². The summed E-state index contributed by atoms with van der Waals surface area (Å²) in [6.45, 7) is 4.56. The van der Waals surface area contributed by atoms with Crippen LogP contribution in [0.5, 0.6) is 0 Å². The average Bonchev–Trinajstić information content (AvgIpc) is 2.40. The van der Waals surface area contributed by atoms with E-state index in [4.69, 9.17) is 5.11 Å². The number of hydrogen-bond donors (Lipinski definition) is 3. The summed E-state index contributed by atoms with van der Waals surface area (Å²) < 4.78 is 13.8. The van der Waals surface area contributed by atoms with Crippen LogP contribution in [0.15, 0.2) is 12.1 Å². The Kier molecular flexibility index (Phi) is 5.61. The van der Waals surface area contributed by atoms with Crippen molar-refractivity contribution in [2.24, 2.45) is 0 Å². The average molecular weight is 327 g/mol. The summed E-state index contributed by atoms with van der Waals surface area (Å²) in [5, 5.41) is 24.3. The zero-order valence-electron chi connectivity index (χ0n) is 13.0. The van der Waals surface area contributed by atoms with E-state index in [1.54, 1.807) is 13.8 Å². The number of carboxylic acids is 1. The summed E-state index contributed by atoms with van der Waals surface area (Å²) >= 11 is 0. The van der Waals surface area contributed by atoms with Gasteiger partial charge in [-0.15, -0.1) is 0 Å². The number of hydrogen-bond acceptors (Lipinski definition) is 4. The van der Waals surface area contributed by atoms with Crippen LogP contribution in [-0.2, 0) is 4.79 Å². The van der Waals surface area contributed by atoms with Crippen molar-refractivity contribution in [2.45, 2.75) is 39.2 Å². The summed E-state index contributed by atoms with van der Waals surface area (Å²) in [6.07, 6.45) is 0.0314. The fraction of sp³-hybridized carbons (Fsp3) is 0.429. The zero-order valence-corrected chi connectivity index (χ0v) is 13.0. The fourth-order valence-corrected chi connectivity index (χ4v) is 1.95. The lowest BCUT2D eigenvalue weighted by molar-refractivity contribution is -0.385. The lowest BCUT2D eigenvalue weighted by Crippen LogP contribution is -2.46. The van der Waals surface area contributed by atoms with Crippen molar-refractivity contribution in [3.8, 4) is 0 Å². The molecule has 0 radical (unpaired) electrons. The molecule has 0 heterocycles. The molecule has 23 heavy (non-hydrogen) atoms. The quantitative estimate of drug-likeness (QED) is 0.548. The third kappa shape index (κ3) is 5.20. The van der Waals surface area contributed by atoms with Crippen molar-refractivity contribution < 1.29 is 24.0 Å². The third-order valence-electron chi connectivity index (χ3n) is 3.24. The number of nitrogens with zero attached hydrogens (tertiary/aromatic N) is 1. The third-order valence-corrected chi connectivity index (χ3v) is 3.24. The molecule has 0 saturated heterocycles. The van der Waals surface area contributed by atoms with Crippen LogP contribution in [0.25, 0.3) is 0 Å². The van der Waals surface area contributed by atoms with Gasteiger partial charge in [-0.3, -0.25) is 14.9 Å². The Morgan fingerprint density at radius 3 is 2.52 bits per heavy atom. The van der Waals surface area contributed by atoms with Crippen molar-refractivity contribution in [1.29, 1.82) is 0 Å². The number of rotatable bonds is 6. The number of amides is 2. The number of benzene rings is 1. The van der Waals surface area contributed by atoms with Crippen molar-refractivity contribution in [3.05, 3.63) is 33.6 Å². The Hall–Kier alpha value is -2.71. The Balaban J connectivity index is 2.87. The zero-order chi connectivity index (χ0) is 17.8. The number of anilines is 1. The first-order chi connectivity index (χ1) is 10.5. The predicted molar refractivity (Wildman–Crippen MR) is 80.9 cm³/mol. The van der Waals surface area contributed by atoms with Gasteiger partial charge in [-0.1, -0.05) is 0 Å². The van der Waals surface area contributed by atoms with E-state index >= 15 is 0 Å². The Morgan fingerprint density at radius 1 is 1.39 bits per heavy atom. The molecule has 2 amide bonds. The Morgan fingerprint density at radius 2 is 2.00 bits per heavy atom. The first kappa shape index (κ1) is 18.3. The molecule has 0 aromatic heterocycles. The highest BCUT2D eigenvalue weighted by molar-refractivity contribution is 5.91. The van der Waals surface area contributed by atoms with E-state index in [1.165, 1.54) is 6.92 Å². The maximum Gasteiger partial charge on any atom is 0.319 e. The van der Waals surface area contributed by atoms with Crippen LogP contribution in [0.4, 0.5) is 20.6 Å². The number of aliphatic carboxylic acids is 1. The second-order valence-electron chi connectivity index (χ2n) is 5.68. The first-order valence-corrected chi connectivity index (χ1v) is 6.78. The number of carbonyl (C=O) groups excluding carboxylic acids is 1. The van der Waals surface area contributed by atoms with Gasteiger partial charge in [0, 0.05) is 18.0 Å². The number of carbonyl (C=O) groups is 2. The second-order valence-corrected chi connectivity index (χ2v) is 5.68. The number of nitro benzene ring substituents is 1. The van der Waals surface area contributed by atoms with E-state index < -0.39 is 28.3 Å². The highest BCUT2D eigenvalue weighted by atomic mass is 19.1. The van der Waals surface area contributed by atoms with Crippen LogP contribution in [0, 0.1) is 22.9 Å². The van der Waals surface area contributed by atoms with E-state index in [9.17, 15) is 24.1 Å². The molecule has 0 bridgehead atoms. The molecule has 0 aliphatic carbocycles. The van der Waals surface area contributed by atoms with Gasteiger partial charge in [0.25, 0.3) is 5.69 Å². The topological polar surface area (TPSA) is 122 Å². The van der Waals surface area contributed by atoms with Crippen molar-refractivity contribution in [2.75, 3.05) is 5.32 Å². The molecule has 8 nitrogen and oxygen atoms in total. The maximum absolute atomic E-state index is 13.8. The smallest absolute Gasteiger partial charge is 0.319 e. The summed E-state index contributed by atoms with van der Waals surface area (Å²) in [4.78, 5) is 32.7. The molecule has 0 spiro atoms. The molecule has 9 heteroatoms. The van der Waals surface area contributed by atoms with Crippen LogP contribution in [0.2, 0.25) is 0 Å². The van der Waals surface area contributed by atoms with Gasteiger partial charge < -0.3 is 15.7 Å². The van der Waals surface area contributed by atoms with Gasteiger partial charge in [0.1, 0.15) is 5.82 Å². The molecular weight excluding hydrogens is 309 g/mol. The van der Waals surface area contributed by atoms with Crippen LogP contribution in [0.1, 0.15) is 32.3 Å². The van der Waals surface area contributed by atoms with Gasteiger partial charge >= 0.3 is 12.0 Å². The minimum Gasteiger partial charge on any atom is -0.481 e. The summed E-state index contributed by atoms with van der Waals surface area (Å²) in [5.41, 5.74) is -1.45. The SMILES string of the molecule is Cc1c([N+](=O)[O-])ccc(F)c1NC(=O)NC(C)(C)CCC(=O)O. The van der Waals surface area contributed by atoms with Crippen LogP contribution in [0.3, 0.4) is 0 Å². The molecule has 0 aliphatic rings. The molecule has 0 aliphatic heterocycles. The molecule has 1 rings (SSSR count). The summed E-state index contributed by atoms with van der Waals surface area (Å²) in [7, 11) is 0. The van der Waals surface area contributed by atoms with Gasteiger partial charge in [-0.25, -0.2) is 9.18 Å². The molecular formula is C14H18FN3O5. The molecule has 0 saturated carbocycles. The van der Waals surface area contributed by atoms with Crippen LogP contribution >= 0.6 is 0 Å². The highest BCUT2D eigenvalue weighted by Crippen LogP contribution is 2.28. The maximum atomic E-state index is 13.8. The number of urea groups is 1. The molecule has 0 fully saturated rings. The van der Waals surface area contributed by atoms with E-state index in [0.717, 1.165) is 12.1 Å². The van der Waals surface area contributed by atoms with E-state index in [2.05, 4.69) is 10.6 Å². The normalized spacial score (nSPS) is 11.0. The number of nitro groups is 1. The van der Waals surface area contributed by atoms with E-state index in [-0.39, 0.29) is 29.8 Å². The molecule has 0 atom stereocenters. The largest absolute Gasteiger partial charge is 0.481 e.